The Bertz CT molecular complexity index is 1250. The molecular formula is C25H26Cl2N2O4S2. The predicted octanol–water partition coefficient (Wildman–Crippen LogP) is 5.56. The SMILES string of the molecule is COc1ccc(C)cc1N(CC(=O)NCCSCc1c(Cl)cccc1Cl)S(=O)(=O)c1ccccc1. The van der Waals surface area contributed by atoms with E-state index < -0.39 is 22.5 Å². The normalized spacial score (nSPS) is 11.2. The van der Waals surface area contributed by atoms with Crippen molar-refractivity contribution in [2.24, 2.45) is 0 Å². The first-order chi connectivity index (χ1) is 16.7. The van der Waals surface area contributed by atoms with Crippen LogP contribution >= 0.6 is 35.0 Å². The smallest absolute Gasteiger partial charge is 0.264 e. The summed E-state index contributed by atoms with van der Waals surface area (Å²) < 4.78 is 33.5. The molecule has 1 amide bonds. The van der Waals surface area contributed by atoms with E-state index in [1.54, 1.807) is 60.3 Å². The van der Waals surface area contributed by atoms with Crippen LogP contribution in [0.25, 0.3) is 0 Å². The Morgan fingerprint density at radius 3 is 2.37 bits per heavy atom. The molecule has 3 aromatic carbocycles. The highest BCUT2D eigenvalue weighted by Gasteiger charge is 2.29. The van der Waals surface area contributed by atoms with E-state index in [0.29, 0.717) is 39.5 Å². The molecule has 0 saturated carbocycles. The van der Waals surface area contributed by atoms with Gasteiger partial charge in [0.05, 0.1) is 17.7 Å². The molecule has 0 fully saturated rings. The number of anilines is 1. The third-order valence-corrected chi connectivity index (χ3v) is 8.57. The fraction of sp³-hybridized carbons (Fsp3) is 0.240. The lowest BCUT2D eigenvalue weighted by Crippen LogP contribution is -2.41. The summed E-state index contributed by atoms with van der Waals surface area (Å²) in [4.78, 5) is 12.9. The number of ether oxygens (including phenoxy) is 1. The van der Waals surface area contributed by atoms with Crippen LogP contribution in [0.2, 0.25) is 10.0 Å². The van der Waals surface area contributed by atoms with Gasteiger partial charge < -0.3 is 10.1 Å². The molecule has 0 unspecified atom stereocenters. The second-order valence-electron chi connectivity index (χ2n) is 7.60. The van der Waals surface area contributed by atoms with E-state index in [1.807, 2.05) is 13.0 Å². The molecule has 0 spiro atoms. The minimum Gasteiger partial charge on any atom is -0.495 e. The first-order valence-corrected chi connectivity index (χ1v) is 14.1. The van der Waals surface area contributed by atoms with Gasteiger partial charge >= 0.3 is 0 Å². The summed E-state index contributed by atoms with van der Waals surface area (Å²) in [5.41, 5.74) is 1.98. The Morgan fingerprint density at radius 2 is 1.71 bits per heavy atom. The molecule has 0 saturated heterocycles. The third kappa shape index (κ3) is 7.07. The molecule has 0 aromatic heterocycles. The van der Waals surface area contributed by atoms with E-state index >= 15 is 0 Å². The number of thioether (sulfide) groups is 1. The molecule has 0 aliphatic rings. The molecule has 0 aliphatic carbocycles. The highest BCUT2D eigenvalue weighted by Crippen LogP contribution is 2.33. The van der Waals surface area contributed by atoms with Crippen LogP contribution in [0.3, 0.4) is 0 Å². The van der Waals surface area contributed by atoms with Gasteiger partial charge in [0, 0.05) is 28.1 Å². The lowest BCUT2D eigenvalue weighted by Gasteiger charge is -2.26. The van der Waals surface area contributed by atoms with E-state index in [2.05, 4.69) is 5.32 Å². The van der Waals surface area contributed by atoms with E-state index in [1.165, 1.54) is 19.2 Å². The Balaban J connectivity index is 1.71. The van der Waals surface area contributed by atoms with Gasteiger partial charge in [0.25, 0.3) is 10.0 Å². The van der Waals surface area contributed by atoms with Gasteiger partial charge in [0.2, 0.25) is 5.91 Å². The molecule has 0 atom stereocenters. The second kappa shape index (κ2) is 12.5. The third-order valence-electron chi connectivity index (χ3n) is 5.10. The summed E-state index contributed by atoms with van der Waals surface area (Å²) in [6.45, 7) is 1.81. The molecule has 0 bridgehead atoms. The summed E-state index contributed by atoms with van der Waals surface area (Å²) in [6, 6.07) is 18.6. The largest absolute Gasteiger partial charge is 0.495 e. The molecule has 186 valence electrons. The number of aryl methyl sites for hydroxylation is 1. The summed E-state index contributed by atoms with van der Waals surface area (Å²) in [5, 5.41) is 4.00. The zero-order chi connectivity index (χ0) is 25.4. The number of hydrogen-bond acceptors (Lipinski definition) is 5. The first-order valence-electron chi connectivity index (χ1n) is 10.7. The topological polar surface area (TPSA) is 75.7 Å². The van der Waals surface area contributed by atoms with Gasteiger partial charge in [0.1, 0.15) is 12.3 Å². The summed E-state index contributed by atoms with van der Waals surface area (Å²) in [7, 11) is -2.56. The average molecular weight is 554 g/mol. The molecule has 1 N–H and O–H groups in total. The number of hydrogen-bond donors (Lipinski definition) is 1. The van der Waals surface area contributed by atoms with Crippen LogP contribution in [0.5, 0.6) is 5.75 Å². The highest BCUT2D eigenvalue weighted by atomic mass is 35.5. The molecule has 35 heavy (non-hydrogen) atoms. The maximum absolute atomic E-state index is 13.5. The molecule has 0 heterocycles. The molecule has 10 heteroatoms. The van der Waals surface area contributed by atoms with Gasteiger partial charge in [-0.15, -0.1) is 0 Å². The molecule has 3 rings (SSSR count). The quantitative estimate of drug-likeness (QED) is 0.315. The molecule has 0 aliphatic heterocycles. The van der Waals surface area contributed by atoms with Crippen molar-refractivity contribution in [3.05, 3.63) is 87.9 Å². The number of rotatable bonds is 11. The molecule has 0 radical (unpaired) electrons. The van der Waals surface area contributed by atoms with E-state index in [9.17, 15) is 13.2 Å². The van der Waals surface area contributed by atoms with Gasteiger partial charge in [-0.05, 0) is 54.4 Å². The number of nitrogens with one attached hydrogen (secondary N) is 1. The molecular weight excluding hydrogens is 527 g/mol. The molecule has 3 aromatic rings. The van der Waals surface area contributed by atoms with Crippen LogP contribution in [-0.4, -0.2) is 40.3 Å². The van der Waals surface area contributed by atoms with Crippen LogP contribution in [0.4, 0.5) is 5.69 Å². The lowest BCUT2D eigenvalue weighted by molar-refractivity contribution is -0.119. The van der Waals surface area contributed by atoms with Gasteiger partial charge in [-0.25, -0.2) is 8.42 Å². The second-order valence-corrected chi connectivity index (χ2v) is 11.4. The summed E-state index contributed by atoms with van der Waals surface area (Å²) in [6.07, 6.45) is 0. The van der Waals surface area contributed by atoms with Crippen molar-refractivity contribution in [3.8, 4) is 5.75 Å². The van der Waals surface area contributed by atoms with Crippen molar-refractivity contribution < 1.29 is 17.9 Å². The van der Waals surface area contributed by atoms with Gasteiger partial charge in [-0.1, -0.05) is 53.5 Å². The van der Waals surface area contributed by atoms with Crippen molar-refractivity contribution in [2.45, 2.75) is 17.6 Å². The van der Waals surface area contributed by atoms with Crippen molar-refractivity contribution in [3.63, 3.8) is 0 Å². The number of halogens is 2. The minimum absolute atomic E-state index is 0.0866. The number of methoxy groups -OCH3 is 1. The van der Waals surface area contributed by atoms with Crippen LogP contribution in [0, 0.1) is 6.92 Å². The Kier molecular flexibility index (Phi) is 9.74. The standard InChI is InChI=1S/C25H26Cl2N2O4S2/c1-18-11-12-24(33-2)23(15-18)29(35(31,32)19-7-4-3-5-8-19)16-25(30)28-13-14-34-17-20-21(26)9-6-10-22(20)27/h3-12,15H,13-14,16-17H2,1-2H3,(H,28,30). The Labute approximate surface area is 220 Å². The van der Waals surface area contributed by atoms with Gasteiger partial charge in [0.15, 0.2) is 0 Å². The maximum atomic E-state index is 13.5. The summed E-state index contributed by atoms with van der Waals surface area (Å²) in [5.74, 6) is 1.13. The number of amides is 1. The Morgan fingerprint density at radius 1 is 1.03 bits per heavy atom. The van der Waals surface area contributed by atoms with Crippen molar-refractivity contribution in [1.82, 2.24) is 5.32 Å². The van der Waals surface area contributed by atoms with Gasteiger partial charge in [-0.3, -0.25) is 9.10 Å². The first kappa shape index (κ1) is 27.2. The number of carbonyl (C=O) groups excluding carboxylic acids is 1. The van der Waals surface area contributed by atoms with Gasteiger partial charge in [-0.2, -0.15) is 11.8 Å². The van der Waals surface area contributed by atoms with E-state index in [0.717, 1.165) is 15.4 Å². The fourth-order valence-corrected chi connectivity index (χ4v) is 6.35. The van der Waals surface area contributed by atoms with Crippen molar-refractivity contribution in [1.29, 1.82) is 0 Å². The van der Waals surface area contributed by atoms with E-state index in [4.69, 9.17) is 27.9 Å². The zero-order valence-corrected chi connectivity index (χ0v) is 22.5. The maximum Gasteiger partial charge on any atom is 0.264 e. The van der Waals surface area contributed by atoms with Crippen LogP contribution in [-0.2, 0) is 20.6 Å². The number of carbonyl (C=O) groups is 1. The highest BCUT2D eigenvalue weighted by molar-refractivity contribution is 7.98. The zero-order valence-electron chi connectivity index (χ0n) is 19.3. The average Bonchev–Trinajstić information content (AvgIpc) is 2.84. The van der Waals surface area contributed by atoms with Crippen molar-refractivity contribution in [2.75, 3.05) is 30.3 Å². The monoisotopic (exact) mass is 552 g/mol. The van der Waals surface area contributed by atoms with Crippen molar-refractivity contribution >= 4 is 56.6 Å². The number of nitrogens with zero attached hydrogens (tertiary/aromatic N) is 1. The van der Waals surface area contributed by atoms with Crippen LogP contribution < -0.4 is 14.4 Å². The predicted molar refractivity (Wildman–Crippen MR) is 144 cm³/mol. The number of benzene rings is 3. The molecule has 6 nitrogen and oxygen atoms in total. The summed E-state index contributed by atoms with van der Waals surface area (Å²) >= 11 is 14.0. The Hall–Kier alpha value is -2.39. The van der Waals surface area contributed by atoms with Crippen LogP contribution in [0.15, 0.2) is 71.6 Å². The fourth-order valence-electron chi connectivity index (χ4n) is 3.31. The van der Waals surface area contributed by atoms with E-state index in [-0.39, 0.29) is 4.90 Å². The van der Waals surface area contributed by atoms with Crippen LogP contribution in [0.1, 0.15) is 11.1 Å². The minimum atomic E-state index is -4.02. The lowest BCUT2D eigenvalue weighted by atomic mass is 10.2. The number of sulfonamides is 1.